The summed E-state index contributed by atoms with van der Waals surface area (Å²) in [6.45, 7) is 5.08. The average Bonchev–Trinajstić information content (AvgIpc) is 3.21. The number of hydrogen-bond acceptors (Lipinski definition) is 3. The fourth-order valence-corrected chi connectivity index (χ4v) is 2.42. The summed E-state index contributed by atoms with van der Waals surface area (Å²) in [4.78, 5) is 7.09. The maximum Gasteiger partial charge on any atom is 0.129 e. The Labute approximate surface area is 110 Å². The van der Waals surface area contributed by atoms with Crippen LogP contribution in [-0.2, 0) is 13.0 Å². The molecule has 1 aromatic heterocycles. The first-order valence-electron chi connectivity index (χ1n) is 7.08. The van der Waals surface area contributed by atoms with Crippen LogP contribution in [0.2, 0.25) is 0 Å². The Morgan fingerprint density at radius 2 is 2.17 bits per heavy atom. The second kappa shape index (κ2) is 5.70. The van der Waals surface area contributed by atoms with Crippen molar-refractivity contribution in [3.05, 3.63) is 23.4 Å². The first-order valence-corrected chi connectivity index (χ1v) is 7.08. The summed E-state index contributed by atoms with van der Waals surface area (Å²) in [6.07, 6.45) is 4.89. The molecule has 1 heterocycles. The Morgan fingerprint density at radius 1 is 1.44 bits per heavy atom. The van der Waals surface area contributed by atoms with E-state index in [2.05, 4.69) is 37.9 Å². The van der Waals surface area contributed by atoms with Gasteiger partial charge in [0.2, 0.25) is 0 Å². The molecule has 18 heavy (non-hydrogen) atoms. The zero-order valence-electron chi connectivity index (χ0n) is 11.8. The van der Waals surface area contributed by atoms with Gasteiger partial charge in [0.1, 0.15) is 5.82 Å². The van der Waals surface area contributed by atoms with E-state index in [1.54, 1.807) is 0 Å². The van der Waals surface area contributed by atoms with Crippen LogP contribution in [0.3, 0.4) is 0 Å². The van der Waals surface area contributed by atoms with Crippen LogP contribution >= 0.6 is 0 Å². The quantitative estimate of drug-likeness (QED) is 0.840. The van der Waals surface area contributed by atoms with Crippen LogP contribution in [0.1, 0.15) is 44.4 Å². The Balaban J connectivity index is 2.21. The van der Waals surface area contributed by atoms with Gasteiger partial charge in [-0.05, 0) is 49.8 Å². The molecule has 0 amide bonds. The van der Waals surface area contributed by atoms with E-state index in [1.165, 1.54) is 24.1 Å². The summed E-state index contributed by atoms with van der Waals surface area (Å²) in [5.74, 6) is 1.94. The van der Waals surface area contributed by atoms with Crippen LogP contribution < -0.4 is 10.6 Å². The number of nitrogens with two attached hydrogens (primary N) is 1. The molecule has 2 N–H and O–H groups in total. The monoisotopic (exact) mass is 247 g/mol. The van der Waals surface area contributed by atoms with Gasteiger partial charge < -0.3 is 10.6 Å². The van der Waals surface area contributed by atoms with Gasteiger partial charge in [0.15, 0.2) is 0 Å². The van der Waals surface area contributed by atoms with Crippen LogP contribution in [0.25, 0.3) is 0 Å². The molecule has 0 aromatic carbocycles. The van der Waals surface area contributed by atoms with Crippen molar-refractivity contribution >= 4 is 5.82 Å². The molecular formula is C15H25N3. The number of aryl methyl sites for hydroxylation is 1. The van der Waals surface area contributed by atoms with Crippen molar-refractivity contribution < 1.29 is 0 Å². The van der Waals surface area contributed by atoms with Gasteiger partial charge in [0, 0.05) is 25.3 Å². The number of nitrogens with zero attached hydrogens (tertiary/aromatic N) is 2. The van der Waals surface area contributed by atoms with E-state index in [9.17, 15) is 0 Å². The molecule has 3 heteroatoms. The number of aromatic nitrogens is 1. The summed E-state index contributed by atoms with van der Waals surface area (Å²) < 4.78 is 0. The lowest BCUT2D eigenvalue weighted by molar-refractivity contribution is 0.602. The molecule has 1 aliphatic rings. The summed E-state index contributed by atoms with van der Waals surface area (Å²) >= 11 is 0. The van der Waals surface area contributed by atoms with Gasteiger partial charge in [-0.15, -0.1) is 0 Å². The van der Waals surface area contributed by atoms with E-state index in [0.717, 1.165) is 24.6 Å². The minimum absolute atomic E-state index is 0.583. The van der Waals surface area contributed by atoms with Gasteiger partial charge in [-0.2, -0.15) is 0 Å². The lowest BCUT2D eigenvalue weighted by Gasteiger charge is -2.27. The third kappa shape index (κ3) is 3.02. The molecule has 1 fully saturated rings. The van der Waals surface area contributed by atoms with E-state index in [4.69, 9.17) is 10.7 Å². The second-order valence-corrected chi connectivity index (χ2v) is 5.47. The molecule has 0 radical (unpaired) electrons. The first-order chi connectivity index (χ1) is 8.65. The maximum atomic E-state index is 5.79. The molecule has 100 valence electrons. The molecule has 1 aromatic rings. The molecule has 3 nitrogen and oxygen atoms in total. The fourth-order valence-electron chi connectivity index (χ4n) is 2.42. The summed E-state index contributed by atoms with van der Waals surface area (Å²) in [5, 5.41) is 0. The zero-order chi connectivity index (χ0) is 13.1. The fraction of sp³-hybridized carbons (Fsp3) is 0.667. The molecule has 0 spiro atoms. The summed E-state index contributed by atoms with van der Waals surface area (Å²) in [7, 11) is 2.15. The molecule has 1 unspecified atom stereocenters. The predicted octanol–water partition coefficient (Wildman–Crippen LogP) is 2.73. The van der Waals surface area contributed by atoms with Gasteiger partial charge in [-0.25, -0.2) is 4.98 Å². The van der Waals surface area contributed by atoms with Crippen molar-refractivity contribution in [3.63, 3.8) is 0 Å². The van der Waals surface area contributed by atoms with Gasteiger partial charge in [0.05, 0.1) is 0 Å². The Bertz CT molecular complexity index is 399. The lowest BCUT2D eigenvalue weighted by atomic mass is 10.1. The van der Waals surface area contributed by atoms with Gasteiger partial charge in [-0.3, -0.25) is 0 Å². The summed E-state index contributed by atoms with van der Waals surface area (Å²) in [5.41, 5.74) is 8.15. The molecule has 0 bridgehead atoms. The highest BCUT2D eigenvalue weighted by Crippen LogP contribution is 2.36. The largest absolute Gasteiger partial charge is 0.357 e. The molecule has 0 saturated heterocycles. The smallest absolute Gasteiger partial charge is 0.129 e. The van der Waals surface area contributed by atoms with Crippen molar-refractivity contribution in [2.75, 3.05) is 11.9 Å². The molecule has 1 atom stereocenters. The molecular weight excluding hydrogens is 222 g/mol. The molecule has 2 rings (SSSR count). The normalized spacial score (nSPS) is 16.7. The SMILES string of the molecule is CCCc1cc(CN)cc(N(C)C(C)C2CC2)n1. The van der Waals surface area contributed by atoms with Crippen molar-refractivity contribution in [1.29, 1.82) is 0 Å². The third-order valence-electron chi connectivity index (χ3n) is 3.94. The van der Waals surface area contributed by atoms with Gasteiger partial charge in [-0.1, -0.05) is 13.3 Å². The maximum absolute atomic E-state index is 5.79. The van der Waals surface area contributed by atoms with Crippen LogP contribution in [0.15, 0.2) is 12.1 Å². The number of pyridine rings is 1. The van der Waals surface area contributed by atoms with Crippen molar-refractivity contribution in [1.82, 2.24) is 4.98 Å². The topological polar surface area (TPSA) is 42.1 Å². The Hall–Kier alpha value is -1.09. The van der Waals surface area contributed by atoms with Crippen LogP contribution in [-0.4, -0.2) is 18.1 Å². The zero-order valence-corrected chi connectivity index (χ0v) is 11.8. The lowest BCUT2D eigenvalue weighted by Crippen LogP contribution is -2.31. The van der Waals surface area contributed by atoms with Crippen molar-refractivity contribution in [2.45, 2.75) is 52.1 Å². The highest BCUT2D eigenvalue weighted by molar-refractivity contribution is 5.43. The van der Waals surface area contributed by atoms with Gasteiger partial charge in [0.25, 0.3) is 0 Å². The standard InChI is InChI=1S/C15H25N3/c1-4-5-14-8-12(10-16)9-15(17-14)18(3)11(2)13-6-7-13/h8-9,11,13H,4-7,10,16H2,1-3H3. The van der Waals surface area contributed by atoms with Crippen LogP contribution in [0, 0.1) is 5.92 Å². The minimum atomic E-state index is 0.583. The van der Waals surface area contributed by atoms with Crippen LogP contribution in [0.5, 0.6) is 0 Å². The number of rotatable bonds is 6. The molecule has 1 saturated carbocycles. The molecule has 1 aliphatic carbocycles. The Kier molecular flexibility index (Phi) is 4.23. The van der Waals surface area contributed by atoms with E-state index in [-0.39, 0.29) is 0 Å². The highest BCUT2D eigenvalue weighted by Gasteiger charge is 2.31. The average molecular weight is 247 g/mol. The van der Waals surface area contributed by atoms with E-state index >= 15 is 0 Å². The van der Waals surface area contributed by atoms with Crippen molar-refractivity contribution in [3.8, 4) is 0 Å². The van der Waals surface area contributed by atoms with E-state index in [1.807, 2.05) is 0 Å². The van der Waals surface area contributed by atoms with Gasteiger partial charge >= 0.3 is 0 Å². The van der Waals surface area contributed by atoms with Crippen LogP contribution in [0.4, 0.5) is 5.82 Å². The number of anilines is 1. The van der Waals surface area contributed by atoms with Crippen molar-refractivity contribution in [2.24, 2.45) is 11.7 Å². The highest BCUT2D eigenvalue weighted by atomic mass is 15.2. The molecule has 0 aliphatic heterocycles. The number of hydrogen-bond donors (Lipinski definition) is 1. The third-order valence-corrected chi connectivity index (χ3v) is 3.94. The Morgan fingerprint density at radius 3 is 2.72 bits per heavy atom. The minimum Gasteiger partial charge on any atom is -0.357 e. The second-order valence-electron chi connectivity index (χ2n) is 5.47. The predicted molar refractivity (Wildman–Crippen MR) is 76.7 cm³/mol. The first kappa shape index (κ1) is 13.3. The van der Waals surface area contributed by atoms with E-state index < -0.39 is 0 Å². The summed E-state index contributed by atoms with van der Waals surface area (Å²) in [6, 6.07) is 4.86. The van der Waals surface area contributed by atoms with E-state index in [0.29, 0.717) is 12.6 Å².